The summed E-state index contributed by atoms with van der Waals surface area (Å²) in [5.41, 5.74) is 13.5. The maximum Gasteiger partial charge on any atom is 0.160 e. The van der Waals surface area contributed by atoms with Crippen LogP contribution in [0.15, 0.2) is 152 Å². The van der Waals surface area contributed by atoms with Crippen molar-refractivity contribution in [1.82, 2.24) is 15.0 Å². The Morgan fingerprint density at radius 2 is 1.21 bits per heavy atom. The van der Waals surface area contributed by atoms with E-state index in [1.165, 1.54) is 42.8 Å². The van der Waals surface area contributed by atoms with Gasteiger partial charge in [-0.15, -0.1) is 11.3 Å². The van der Waals surface area contributed by atoms with Gasteiger partial charge in [0, 0.05) is 44.1 Å². The Balaban J connectivity index is 1.19. The fourth-order valence-electron chi connectivity index (χ4n) is 7.10. The minimum Gasteiger partial charge on any atom is -0.264 e. The predicted octanol–water partition coefficient (Wildman–Crippen LogP) is 11.7. The van der Waals surface area contributed by atoms with Gasteiger partial charge < -0.3 is 0 Å². The average molecular weight is 634 g/mol. The van der Waals surface area contributed by atoms with Crippen molar-refractivity contribution in [3.05, 3.63) is 163 Å². The van der Waals surface area contributed by atoms with E-state index < -0.39 is 0 Å². The first kappa shape index (κ1) is 28.5. The highest BCUT2D eigenvalue weighted by molar-refractivity contribution is 7.22. The van der Waals surface area contributed by atoms with Gasteiger partial charge in [0.05, 0.1) is 11.4 Å². The van der Waals surface area contributed by atoms with Gasteiger partial charge in [0.1, 0.15) is 0 Å². The largest absolute Gasteiger partial charge is 0.264 e. The molecule has 9 rings (SSSR count). The molecule has 48 heavy (non-hydrogen) atoms. The first-order chi connectivity index (χ1) is 23.5. The van der Waals surface area contributed by atoms with E-state index in [2.05, 4.69) is 152 Å². The highest BCUT2D eigenvalue weighted by Crippen LogP contribution is 2.52. The molecule has 5 aromatic carbocycles. The van der Waals surface area contributed by atoms with E-state index in [0.29, 0.717) is 5.82 Å². The fraction of sp³-hybridized carbons (Fsp3) is 0.0682. The number of rotatable bonds is 5. The Hall–Kier alpha value is -5.71. The number of aromatic nitrogens is 3. The van der Waals surface area contributed by atoms with Crippen LogP contribution in [-0.4, -0.2) is 15.0 Å². The van der Waals surface area contributed by atoms with E-state index >= 15 is 0 Å². The molecule has 0 spiro atoms. The highest BCUT2D eigenvalue weighted by Gasteiger charge is 2.36. The lowest BCUT2D eigenvalue weighted by molar-refractivity contribution is 0.660. The van der Waals surface area contributed by atoms with Crippen molar-refractivity contribution in [2.24, 2.45) is 0 Å². The smallest absolute Gasteiger partial charge is 0.160 e. The molecule has 0 N–H and O–H groups in total. The topological polar surface area (TPSA) is 38.7 Å². The maximum absolute atomic E-state index is 5.27. The summed E-state index contributed by atoms with van der Waals surface area (Å²) >= 11 is 1.83. The number of nitrogens with zero attached hydrogens (tertiary/aromatic N) is 3. The molecule has 0 unspecified atom stereocenters. The quantitative estimate of drug-likeness (QED) is 0.189. The zero-order valence-corrected chi connectivity index (χ0v) is 27.5. The van der Waals surface area contributed by atoms with Crippen LogP contribution in [-0.2, 0) is 5.41 Å². The lowest BCUT2D eigenvalue weighted by atomic mass is 9.82. The Bertz CT molecular complexity index is 2430. The Morgan fingerprint density at radius 3 is 2.02 bits per heavy atom. The molecule has 0 saturated carbocycles. The maximum atomic E-state index is 5.27. The third kappa shape index (κ3) is 4.76. The van der Waals surface area contributed by atoms with E-state index in [1.54, 1.807) is 6.20 Å². The molecule has 0 fully saturated rings. The van der Waals surface area contributed by atoms with Crippen molar-refractivity contribution < 1.29 is 0 Å². The van der Waals surface area contributed by atoms with Gasteiger partial charge >= 0.3 is 0 Å². The molecule has 0 bridgehead atoms. The monoisotopic (exact) mass is 633 g/mol. The van der Waals surface area contributed by atoms with Crippen molar-refractivity contribution in [1.29, 1.82) is 0 Å². The van der Waals surface area contributed by atoms with Crippen LogP contribution in [0.4, 0.5) is 0 Å². The molecule has 1 aliphatic rings. The van der Waals surface area contributed by atoms with E-state index in [1.807, 2.05) is 23.6 Å². The van der Waals surface area contributed by atoms with Crippen molar-refractivity contribution in [2.75, 3.05) is 0 Å². The molecule has 3 aromatic heterocycles. The predicted molar refractivity (Wildman–Crippen MR) is 200 cm³/mol. The van der Waals surface area contributed by atoms with Gasteiger partial charge in [-0.05, 0) is 68.6 Å². The second kappa shape index (κ2) is 11.2. The summed E-state index contributed by atoms with van der Waals surface area (Å²) in [6, 6.07) is 49.8. The zero-order chi connectivity index (χ0) is 32.2. The highest BCUT2D eigenvalue weighted by atomic mass is 32.1. The van der Waals surface area contributed by atoms with Gasteiger partial charge in [-0.3, -0.25) is 4.98 Å². The van der Waals surface area contributed by atoms with Crippen LogP contribution >= 0.6 is 11.3 Å². The molecule has 0 aliphatic heterocycles. The van der Waals surface area contributed by atoms with Crippen LogP contribution in [0.1, 0.15) is 25.0 Å². The molecule has 0 radical (unpaired) electrons. The standard InChI is InChI=1S/C44H31N3S/c1-44(2)36-13-5-4-11-34(36)42-35(12-7-14-37(42)44)39-26-38(29-18-20-30(21-19-29)41-25-32-9-3-6-15-40(32)48-41)46-43(47-39)31-22-16-28(17-23-31)33-10-8-24-45-27-33/h3-27H,1-2H3. The molecule has 4 heteroatoms. The summed E-state index contributed by atoms with van der Waals surface area (Å²) in [7, 11) is 0. The Labute approximate surface area is 284 Å². The van der Waals surface area contributed by atoms with Crippen molar-refractivity contribution in [3.63, 3.8) is 0 Å². The normalized spacial score (nSPS) is 13.0. The summed E-state index contributed by atoms with van der Waals surface area (Å²) in [5.74, 6) is 0.706. The fourth-order valence-corrected chi connectivity index (χ4v) is 8.17. The summed E-state index contributed by atoms with van der Waals surface area (Å²) in [4.78, 5) is 16.0. The zero-order valence-electron chi connectivity index (χ0n) is 26.7. The number of benzene rings is 5. The molecule has 8 aromatic rings. The average Bonchev–Trinajstić information content (AvgIpc) is 3.69. The second-order valence-electron chi connectivity index (χ2n) is 12.9. The summed E-state index contributed by atoms with van der Waals surface area (Å²) in [6.07, 6.45) is 3.69. The molecular formula is C44H31N3S. The lowest BCUT2D eigenvalue weighted by Crippen LogP contribution is -2.14. The van der Waals surface area contributed by atoms with Gasteiger partial charge in [-0.1, -0.05) is 129 Å². The van der Waals surface area contributed by atoms with Gasteiger partial charge in [0.15, 0.2) is 5.82 Å². The van der Waals surface area contributed by atoms with Crippen LogP contribution in [0.2, 0.25) is 0 Å². The summed E-state index contributed by atoms with van der Waals surface area (Å²) in [5, 5.41) is 1.28. The number of pyridine rings is 1. The molecule has 1 aliphatic carbocycles. The third-order valence-electron chi connectivity index (χ3n) is 9.64. The first-order valence-corrected chi connectivity index (χ1v) is 17.1. The van der Waals surface area contributed by atoms with E-state index in [9.17, 15) is 0 Å². The van der Waals surface area contributed by atoms with E-state index in [-0.39, 0.29) is 5.41 Å². The summed E-state index contributed by atoms with van der Waals surface area (Å²) in [6.45, 7) is 4.64. The van der Waals surface area contributed by atoms with Crippen LogP contribution in [0.25, 0.3) is 76.7 Å². The molecule has 0 saturated heterocycles. The molecule has 3 nitrogen and oxygen atoms in total. The number of hydrogen-bond donors (Lipinski definition) is 0. The molecule has 0 atom stereocenters. The van der Waals surface area contributed by atoms with Crippen molar-refractivity contribution >= 4 is 21.4 Å². The van der Waals surface area contributed by atoms with Crippen LogP contribution in [0.5, 0.6) is 0 Å². The number of thiophene rings is 1. The molecule has 0 amide bonds. The van der Waals surface area contributed by atoms with Gasteiger partial charge in [0.25, 0.3) is 0 Å². The Kier molecular flexibility index (Phi) is 6.66. The SMILES string of the molecule is CC1(C)c2ccccc2-c2c(-c3cc(-c4ccc(-c5cc6ccccc6s5)cc4)nc(-c4ccc(-c5cccnc5)cc4)n3)cccc21. The summed E-state index contributed by atoms with van der Waals surface area (Å²) < 4.78 is 1.30. The molecule has 228 valence electrons. The number of hydrogen-bond acceptors (Lipinski definition) is 4. The number of fused-ring (bicyclic) bond motifs is 4. The van der Waals surface area contributed by atoms with E-state index in [0.717, 1.165) is 39.2 Å². The van der Waals surface area contributed by atoms with Crippen LogP contribution < -0.4 is 0 Å². The van der Waals surface area contributed by atoms with Crippen molar-refractivity contribution in [3.8, 4) is 66.6 Å². The van der Waals surface area contributed by atoms with Crippen LogP contribution in [0, 0.1) is 0 Å². The molecular weight excluding hydrogens is 603 g/mol. The Morgan fingerprint density at radius 1 is 0.521 bits per heavy atom. The van der Waals surface area contributed by atoms with Gasteiger partial charge in [-0.2, -0.15) is 0 Å². The lowest BCUT2D eigenvalue weighted by Gasteiger charge is -2.21. The van der Waals surface area contributed by atoms with E-state index in [4.69, 9.17) is 9.97 Å². The van der Waals surface area contributed by atoms with Crippen molar-refractivity contribution in [2.45, 2.75) is 19.3 Å². The van der Waals surface area contributed by atoms with Gasteiger partial charge in [0.2, 0.25) is 0 Å². The third-order valence-corrected chi connectivity index (χ3v) is 10.8. The van der Waals surface area contributed by atoms with Gasteiger partial charge in [-0.25, -0.2) is 9.97 Å². The first-order valence-electron chi connectivity index (χ1n) is 16.3. The minimum absolute atomic E-state index is 0.0921. The second-order valence-corrected chi connectivity index (χ2v) is 14.0. The molecule has 3 heterocycles. The van der Waals surface area contributed by atoms with Crippen LogP contribution in [0.3, 0.4) is 0 Å². The minimum atomic E-state index is -0.0921.